The molecule has 0 saturated heterocycles. The van der Waals surface area contributed by atoms with Crippen LogP contribution in [0.1, 0.15) is 6.92 Å². The molecule has 0 aliphatic carbocycles. The quantitative estimate of drug-likeness (QED) is 0.603. The normalized spacial score (nSPS) is 9.91. The summed E-state index contributed by atoms with van der Waals surface area (Å²) in [6.07, 6.45) is 0. The molecule has 1 aromatic carbocycles. The molecule has 0 radical (unpaired) electrons. The van der Waals surface area contributed by atoms with Gasteiger partial charge in [0.1, 0.15) is 0 Å². The first kappa shape index (κ1) is 9.26. The predicted octanol–water partition coefficient (Wildman–Crippen LogP) is 3.37. The van der Waals surface area contributed by atoms with Crippen LogP contribution in [-0.2, 0) is 0 Å². The van der Waals surface area contributed by atoms with Crippen LogP contribution in [0.5, 0.6) is 0 Å². The van der Waals surface area contributed by atoms with Crippen LogP contribution in [0.25, 0.3) is 0 Å². The summed E-state index contributed by atoms with van der Waals surface area (Å²) in [4.78, 5) is 1.37. The Kier molecular flexibility index (Phi) is 4.15. The molecule has 0 N–H and O–H groups in total. The van der Waals surface area contributed by atoms with Gasteiger partial charge < -0.3 is 0 Å². The molecule has 0 heterocycles. The second-order valence-electron chi connectivity index (χ2n) is 2.02. The fraction of sp³-hybridized carbons (Fsp3) is 0.222. The van der Waals surface area contributed by atoms with Gasteiger partial charge in [0.15, 0.2) is 0 Å². The number of hydrogen-bond acceptors (Lipinski definition) is 1. The topological polar surface area (TPSA) is 0 Å². The van der Waals surface area contributed by atoms with E-state index in [1.54, 1.807) is 0 Å². The van der Waals surface area contributed by atoms with Crippen molar-refractivity contribution in [1.82, 2.24) is 0 Å². The first-order valence-corrected chi connectivity index (χ1v) is 7.07. The Balaban J connectivity index is 2.74. The van der Waals surface area contributed by atoms with Crippen molar-refractivity contribution in [3.8, 4) is 0 Å². The molecule has 0 unspecified atom stereocenters. The molecule has 11 heavy (non-hydrogen) atoms. The van der Waals surface area contributed by atoms with Crippen molar-refractivity contribution in [2.75, 3.05) is 5.75 Å². The van der Waals surface area contributed by atoms with E-state index in [4.69, 9.17) is 0 Å². The van der Waals surface area contributed by atoms with Crippen LogP contribution in [0.2, 0.25) is 0 Å². The van der Waals surface area contributed by atoms with E-state index in [1.165, 1.54) is 8.47 Å². The molecule has 60 valence electrons. The van der Waals surface area contributed by atoms with Gasteiger partial charge in [0.05, 0.1) is 0 Å². The van der Waals surface area contributed by atoms with Gasteiger partial charge in [0, 0.05) is 8.47 Å². The molecule has 0 amide bonds. The third kappa shape index (κ3) is 2.95. The molecular formula is C9H11IS. The lowest BCUT2D eigenvalue weighted by atomic mass is 10.4. The molecule has 2 heteroatoms. The summed E-state index contributed by atoms with van der Waals surface area (Å²) < 4.78 is 5.36. The molecule has 0 nitrogen and oxygen atoms in total. The molecular weight excluding hydrogens is 267 g/mol. The first-order valence-electron chi connectivity index (χ1n) is 3.48. The minimum absolute atomic E-state index is 0.0275. The monoisotopic (exact) mass is 278 g/mol. The highest BCUT2D eigenvalue weighted by Gasteiger charge is 1.89. The average Bonchev–Trinajstić information content (AvgIpc) is 2.07. The standard InChI is InChI=1S/C9H11IS/c1-3-11-9-6-4-8(10-2)5-7-9/h4-7H,2-3H2,1H3. The molecule has 0 aliphatic heterocycles. The molecule has 1 rings (SSSR count). The van der Waals surface area contributed by atoms with E-state index in [1.807, 2.05) is 11.8 Å². The predicted molar refractivity (Wildman–Crippen MR) is 62.7 cm³/mol. The largest absolute Gasteiger partial charge is 0.126 e. The maximum atomic E-state index is 3.93. The summed E-state index contributed by atoms with van der Waals surface area (Å²) in [5, 5.41) is 0. The molecule has 0 aliphatic rings. The summed E-state index contributed by atoms with van der Waals surface area (Å²) in [6.45, 7) is 2.17. The average molecular weight is 278 g/mol. The van der Waals surface area contributed by atoms with Crippen molar-refractivity contribution in [1.29, 1.82) is 0 Å². The minimum atomic E-state index is 0.0275. The first-order chi connectivity index (χ1) is 5.36. The highest BCUT2D eigenvalue weighted by atomic mass is 127. The lowest BCUT2D eigenvalue weighted by Crippen LogP contribution is -1.73. The van der Waals surface area contributed by atoms with E-state index in [0.29, 0.717) is 0 Å². The van der Waals surface area contributed by atoms with Crippen LogP contribution < -0.4 is 0 Å². The van der Waals surface area contributed by atoms with Gasteiger partial charge >= 0.3 is 0 Å². The van der Waals surface area contributed by atoms with Crippen molar-refractivity contribution in [2.24, 2.45) is 0 Å². The molecule has 0 aromatic heterocycles. The maximum absolute atomic E-state index is 3.93. The smallest absolute Gasteiger partial charge is 0.00725 e. The Hall–Kier alpha value is 0.170. The summed E-state index contributed by atoms with van der Waals surface area (Å²) >= 11 is 1.91. The fourth-order valence-electron chi connectivity index (χ4n) is 0.787. The lowest BCUT2D eigenvalue weighted by Gasteiger charge is -1.97. The van der Waals surface area contributed by atoms with Crippen molar-refractivity contribution in [3.05, 3.63) is 27.8 Å². The minimum Gasteiger partial charge on any atom is -0.126 e. The Labute approximate surface area is 82.1 Å². The van der Waals surface area contributed by atoms with E-state index < -0.39 is 0 Å². The van der Waals surface area contributed by atoms with Crippen LogP contribution in [0, 0.1) is 3.57 Å². The molecule has 0 fully saturated rings. The number of thioether (sulfide) groups is 1. The maximum Gasteiger partial charge on any atom is 0.00725 e. The van der Waals surface area contributed by atoms with Crippen LogP contribution in [0.15, 0.2) is 29.2 Å². The number of halogens is 1. The summed E-state index contributed by atoms with van der Waals surface area (Å²) in [5.41, 5.74) is 0. The summed E-state index contributed by atoms with van der Waals surface area (Å²) in [6, 6.07) is 8.76. The van der Waals surface area contributed by atoms with Gasteiger partial charge in [-0.05, 0) is 30.0 Å². The van der Waals surface area contributed by atoms with E-state index in [2.05, 4.69) is 35.7 Å². The molecule has 0 bridgehead atoms. The van der Waals surface area contributed by atoms with Gasteiger partial charge in [0.2, 0.25) is 0 Å². The lowest BCUT2D eigenvalue weighted by molar-refractivity contribution is 1.41. The summed E-state index contributed by atoms with van der Waals surface area (Å²) in [7, 11) is 0. The van der Waals surface area contributed by atoms with Crippen LogP contribution in [-0.4, -0.2) is 10.3 Å². The molecule has 0 saturated carbocycles. The Morgan fingerprint density at radius 2 is 2.00 bits per heavy atom. The number of rotatable bonds is 3. The van der Waals surface area contributed by atoms with Crippen molar-refractivity contribution >= 4 is 37.0 Å². The van der Waals surface area contributed by atoms with Crippen molar-refractivity contribution < 1.29 is 0 Å². The van der Waals surface area contributed by atoms with Crippen LogP contribution in [0.4, 0.5) is 0 Å². The second kappa shape index (κ2) is 4.93. The number of hydrogen-bond donors (Lipinski definition) is 0. The van der Waals surface area contributed by atoms with Gasteiger partial charge in [-0.25, -0.2) is 0 Å². The third-order valence-electron chi connectivity index (χ3n) is 1.28. The Morgan fingerprint density at radius 1 is 1.36 bits per heavy atom. The van der Waals surface area contributed by atoms with Gasteiger partial charge in [-0.1, -0.05) is 32.2 Å². The van der Waals surface area contributed by atoms with Gasteiger partial charge in [-0.2, -0.15) is 0 Å². The van der Waals surface area contributed by atoms with Gasteiger partial charge in [-0.15, -0.1) is 11.8 Å². The fourth-order valence-corrected chi connectivity index (χ4v) is 2.32. The SMILES string of the molecule is C=Ic1ccc(SCC)cc1. The molecule has 0 atom stereocenters. The zero-order valence-electron chi connectivity index (χ0n) is 6.51. The van der Waals surface area contributed by atoms with Crippen LogP contribution >= 0.6 is 32.5 Å². The third-order valence-corrected chi connectivity index (χ3v) is 3.77. The highest BCUT2D eigenvalue weighted by molar-refractivity contribution is 14.2. The Morgan fingerprint density at radius 3 is 2.45 bits per heavy atom. The summed E-state index contributed by atoms with van der Waals surface area (Å²) in [5.74, 6) is 1.15. The van der Waals surface area contributed by atoms with Gasteiger partial charge in [-0.3, -0.25) is 0 Å². The van der Waals surface area contributed by atoms with E-state index >= 15 is 0 Å². The molecule has 0 spiro atoms. The zero-order valence-corrected chi connectivity index (χ0v) is 9.48. The van der Waals surface area contributed by atoms with Gasteiger partial charge in [0.25, 0.3) is 0 Å². The van der Waals surface area contributed by atoms with E-state index in [9.17, 15) is 0 Å². The Bertz CT molecular complexity index is 228. The van der Waals surface area contributed by atoms with E-state index in [-0.39, 0.29) is 20.7 Å². The van der Waals surface area contributed by atoms with Crippen molar-refractivity contribution in [2.45, 2.75) is 11.8 Å². The number of benzene rings is 1. The second-order valence-corrected chi connectivity index (χ2v) is 5.37. The highest BCUT2D eigenvalue weighted by Crippen LogP contribution is 2.19. The van der Waals surface area contributed by atoms with Crippen LogP contribution in [0.3, 0.4) is 0 Å². The van der Waals surface area contributed by atoms with E-state index in [0.717, 1.165) is 5.75 Å². The molecule has 1 aromatic rings. The zero-order chi connectivity index (χ0) is 8.10. The van der Waals surface area contributed by atoms with Crippen molar-refractivity contribution in [3.63, 3.8) is 0 Å².